The number of carbonyl (C=O) groups excluding carboxylic acids is 1. The van der Waals surface area contributed by atoms with Gasteiger partial charge in [-0.2, -0.15) is 15.0 Å². The van der Waals surface area contributed by atoms with E-state index in [2.05, 4.69) is 25.3 Å². The molecule has 0 aliphatic heterocycles. The van der Waals surface area contributed by atoms with Crippen LogP contribution in [-0.2, 0) is 4.79 Å². The Bertz CT molecular complexity index is 567. The molecule has 0 aliphatic rings. The van der Waals surface area contributed by atoms with Crippen LogP contribution in [0.2, 0.25) is 0 Å². The van der Waals surface area contributed by atoms with E-state index in [4.69, 9.17) is 5.73 Å². The Kier molecular flexibility index (Phi) is 3.55. The van der Waals surface area contributed by atoms with E-state index in [1.165, 1.54) is 0 Å². The van der Waals surface area contributed by atoms with E-state index in [1.54, 1.807) is 42.3 Å². The van der Waals surface area contributed by atoms with Crippen LogP contribution in [0, 0.1) is 0 Å². The summed E-state index contributed by atoms with van der Waals surface area (Å²) in [4.78, 5) is 29.1. The molecular weight excluding hydrogens is 248 g/mol. The molecule has 0 unspecified atom stereocenters. The lowest BCUT2D eigenvalue weighted by atomic mass is 10.5. The van der Waals surface area contributed by atoms with Gasteiger partial charge in [-0.3, -0.25) is 9.36 Å². The maximum absolute atomic E-state index is 11.3. The summed E-state index contributed by atoms with van der Waals surface area (Å²) >= 11 is 0. The number of hydrogen-bond acceptors (Lipinski definition) is 7. The molecule has 9 nitrogen and oxygen atoms in total. The second-order valence-electron chi connectivity index (χ2n) is 3.79. The van der Waals surface area contributed by atoms with Gasteiger partial charge in [-0.15, -0.1) is 0 Å². The van der Waals surface area contributed by atoms with Crippen molar-refractivity contribution >= 4 is 17.8 Å². The average molecular weight is 262 g/mol. The minimum absolute atomic E-state index is 0.0810. The highest BCUT2D eigenvalue weighted by Crippen LogP contribution is 2.09. The zero-order valence-corrected chi connectivity index (χ0v) is 10.6. The van der Waals surface area contributed by atoms with Gasteiger partial charge < -0.3 is 16.0 Å². The number of likely N-dealkylation sites (N-methyl/N-ethyl adjacent to an activating group) is 2. The molecule has 0 fully saturated rings. The zero-order chi connectivity index (χ0) is 13.8. The van der Waals surface area contributed by atoms with E-state index >= 15 is 0 Å². The topological polar surface area (TPSA) is 115 Å². The number of amides is 1. The number of carbonyl (C=O) groups is 1. The Morgan fingerprint density at radius 1 is 1.47 bits per heavy atom. The van der Waals surface area contributed by atoms with E-state index in [0.29, 0.717) is 11.9 Å². The van der Waals surface area contributed by atoms with E-state index in [-0.39, 0.29) is 18.4 Å². The molecule has 0 saturated carbocycles. The fraction of sp³-hybridized carbons (Fsp3) is 0.300. The Morgan fingerprint density at radius 3 is 2.89 bits per heavy atom. The Morgan fingerprint density at radius 2 is 2.26 bits per heavy atom. The fourth-order valence-corrected chi connectivity index (χ4v) is 1.40. The first-order valence-corrected chi connectivity index (χ1v) is 5.51. The van der Waals surface area contributed by atoms with Crippen LogP contribution in [0.1, 0.15) is 0 Å². The van der Waals surface area contributed by atoms with Crippen LogP contribution >= 0.6 is 0 Å². The third-order valence-corrected chi connectivity index (χ3v) is 2.37. The van der Waals surface area contributed by atoms with Crippen molar-refractivity contribution < 1.29 is 4.79 Å². The number of hydrogen-bond donors (Lipinski definition) is 2. The first-order valence-electron chi connectivity index (χ1n) is 5.51. The molecule has 0 bridgehead atoms. The van der Waals surface area contributed by atoms with E-state index in [9.17, 15) is 4.79 Å². The van der Waals surface area contributed by atoms with Crippen molar-refractivity contribution in [2.45, 2.75) is 0 Å². The molecule has 1 amide bonds. The molecule has 0 radical (unpaired) electrons. The average Bonchev–Trinajstić information content (AvgIpc) is 2.91. The maximum atomic E-state index is 11.3. The van der Waals surface area contributed by atoms with E-state index in [0.717, 1.165) is 0 Å². The molecule has 2 heterocycles. The first-order chi connectivity index (χ1) is 9.10. The molecule has 0 atom stereocenters. The molecular formula is C10H14N8O. The molecule has 0 spiro atoms. The lowest BCUT2D eigenvalue weighted by Crippen LogP contribution is -2.34. The van der Waals surface area contributed by atoms with Crippen molar-refractivity contribution in [1.82, 2.24) is 29.8 Å². The van der Waals surface area contributed by atoms with Crippen molar-refractivity contribution in [3.63, 3.8) is 0 Å². The Labute approximate surface area is 109 Å². The summed E-state index contributed by atoms with van der Waals surface area (Å²) in [5, 5.41) is 2.52. The Hall–Kier alpha value is -2.71. The molecule has 100 valence electrons. The smallest absolute Gasteiger partial charge is 0.241 e. The van der Waals surface area contributed by atoms with Gasteiger partial charge >= 0.3 is 0 Å². The molecule has 0 saturated heterocycles. The molecule has 3 N–H and O–H groups in total. The first kappa shape index (κ1) is 12.7. The van der Waals surface area contributed by atoms with Gasteiger partial charge in [-0.1, -0.05) is 0 Å². The van der Waals surface area contributed by atoms with E-state index < -0.39 is 0 Å². The third kappa shape index (κ3) is 2.94. The number of nitrogens with zero attached hydrogens (tertiary/aromatic N) is 6. The van der Waals surface area contributed by atoms with Crippen LogP contribution in [0.25, 0.3) is 5.95 Å². The van der Waals surface area contributed by atoms with Gasteiger partial charge in [-0.25, -0.2) is 4.98 Å². The highest BCUT2D eigenvalue weighted by molar-refractivity contribution is 5.80. The number of aromatic nitrogens is 5. The van der Waals surface area contributed by atoms with Gasteiger partial charge in [0.15, 0.2) is 0 Å². The molecule has 2 aromatic heterocycles. The van der Waals surface area contributed by atoms with Crippen LogP contribution < -0.4 is 16.0 Å². The lowest BCUT2D eigenvalue weighted by molar-refractivity contribution is -0.119. The predicted octanol–water partition coefficient (Wildman–Crippen LogP) is -1.18. The minimum Gasteiger partial charge on any atom is -0.368 e. The summed E-state index contributed by atoms with van der Waals surface area (Å²) in [6, 6.07) is 0. The molecule has 9 heteroatoms. The van der Waals surface area contributed by atoms with Crippen molar-refractivity contribution in [2.24, 2.45) is 0 Å². The van der Waals surface area contributed by atoms with Crippen LogP contribution in [0.15, 0.2) is 18.7 Å². The van der Waals surface area contributed by atoms with Crippen LogP contribution in [-0.4, -0.2) is 51.1 Å². The van der Waals surface area contributed by atoms with Crippen molar-refractivity contribution in [3.05, 3.63) is 18.7 Å². The quantitative estimate of drug-likeness (QED) is 0.712. The second kappa shape index (κ2) is 5.29. The summed E-state index contributed by atoms with van der Waals surface area (Å²) in [5.74, 6) is 0.603. The van der Waals surface area contributed by atoms with Gasteiger partial charge in [0.2, 0.25) is 23.8 Å². The standard InChI is InChI=1S/C10H14N8O/c1-12-7(19)5-17(2)9-14-8(11)15-10(16-9)18-4-3-13-6-18/h3-4,6H,5H2,1-2H3,(H,12,19)(H2,11,14,15,16). The van der Waals surface area contributed by atoms with Gasteiger partial charge in [0.05, 0.1) is 6.54 Å². The summed E-state index contributed by atoms with van der Waals surface area (Å²) in [6.07, 6.45) is 4.85. The van der Waals surface area contributed by atoms with Crippen molar-refractivity contribution in [2.75, 3.05) is 31.3 Å². The minimum atomic E-state index is -0.148. The number of nitrogens with one attached hydrogen (secondary N) is 1. The van der Waals surface area contributed by atoms with Gasteiger partial charge in [-0.05, 0) is 0 Å². The number of anilines is 2. The summed E-state index contributed by atoms with van der Waals surface area (Å²) < 4.78 is 1.61. The van der Waals surface area contributed by atoms with E-state index in [1.807, 2.05) is 0 Å². The van der Waals surface area contributed by atoms with Crippen LogP contribution in [0.3, 0.4) is 0 Å². The predicted molar refractivity (Wildman–Crippen MR) is 68.7 cm³/mol. The third-order valence-electron chi connectivity index (χ3n) is 2.37. The van der Waals surface area contributed by atoms with Gasteiger partial charge in [0, 0.05) is 26.5 Å². The number of imidazole rings is 1. The molecule has 19 heavy (non-hydrogen) atoms. The molecule has 0 aromatic carbocycles. The highest BCUT2D eigenvalue weighted by Gasteiger charge is 2.12. The highest BCUT2D eigenvalue weighted by atomic mass is 16.1. The molecule has 0 aliphatic carbocycles. The van der Waals surface area contributed by atoms with Crippen LogP contribution in [0.5, 0.6) is 0 Å². The maximum Gasteiger partial charge on any atom is 0.241 e. The normalized spacial score (nSPS) is 10.2. The summed E-state index contributed by atoms with van der Waals surface area (Å²) in [7, 11) is 3.26. The number of nitrogens with two attached hydrogens (primary N) is 1. The Balaban J connectivity index is 2.29. The summed E-state index contributed by atoms with van der Waals surface area (Å²) in [6.45, 7) is 0.128. The van der Waals surface area contributed by atoms with Crippen molar-refractivity contribution in [3.8, 4) is 5.95 Å². The lowest BCUT2D eigenvalue weighted by Gasteiger charge is -2.16. The summed E-state index contributed by atoms with van der Waals surface area (Å²) in [5.41, 5.74) is 5.64. The fourth-order valence-electron chi connectivity index (χ4n) is 1.40. The van der Waals surface area contributed by atoms with Crippen molar-refractivity contribution in [1.29, 1.82) is 0 Å². The second-order valence-corrected chi connectivity index (χ2v) is 3.79. The molecule has 2 rings (SSSR count). The number of rotatable bonds is 4. The SMILES string of the molecule is CNC(=O)CN(C)c1nc(N)nc(-n2ccnc2)n1. The van der Waals surface area contributed by atoms with Gasteiger partial charge in [0.25, 0.3) is 0 Å². The molecule has 2 aromatic rings. The largest absolute Gasteiger partial charge is 0.368 e. The zero-order valence-electron chi connectivity index (χ0n) is 10.6. The van der Waals surface area contributed by atoms with Gasteiger partial charge in [0.1, 0.15) is 6.33 Å². The monoisotopic (exact) mass is 262 g/mol. The number of nitrogen functional groups attached to an aromatic ring is 1. The van der Waals surface area contributed by atoms with Crippen LogP contribution in [0.4, 0.5) is 11.9 Å².